The van der Waals surface area contributed by atoms with Gasteiger partial charge in [0.15, 0.2) is 12.6 Å². The summed E-state index contributed by atoms with van der Waals surface area (Å²) in [6.45, 7) is 5.89. The quantitative estimate of drug-likeness (QED) is 0.687. The molecule has 2 aromatic rings. The van der Waals surface area contributed by atoms with E-state index in [0.29, 0.717) is 15.7 Å². The van der Waals surface area contributed by atoms with Crippen LogP contribution in [0.1, 0.15) is 18.1 Å². The Labute approximate surface area is 169 Å². The van der Waals surface area contributed by atoms with E-state index < -0.39 is 6.04 Å². The zero-order valence-corrected chi connectivity index (χ0v) is 17.3. The highest BCUT2D eigenvalue weighted by molar-refractivity contribution is 6.36. The smallest absolute Gasteiger partial charge is 0.282 e. The number of aryl methyl sites for hydroxylation is 1. The van der Waals surface area contributed by atoms with E-state index in [1.807, 2.05) is 32.0 Å². The lowest BCUT2D eigenvalue weighted by Gasteiger charge is -2.21. The second kappa shape index (κ2) is 9.22. The number of nitrogens with one attached hydrogen (secondary N) is 3. The van der Waals surface area contributed by atoms with Crippen LogP contribution in [-0.2, 0) is 9.59 Å². The maximum absolute atomic E-state index is 12.5. The summed E-state index contributed by atoms with van der Waals surface area (Å²) in [6, 6.07) is 10.2. The maximum atomic E-state index is 12.5. The van der Waals surface area contributed by atoms with Gasteiger partial charge in [-0.3, -0.25) is 9.59 Å². The number of anilines is 2. The van der Waals surface area contributed by atoms with E-state index in [2.05, 4.69) is 10.6 Å². The van der Waals surface area contributed by atoms with E-state index >= 15 is 0 Å². The average Bonchev–Trinajstić information content (AvgIpc) is 2.60. The lowest BCUT2D eigenvalue weighted by atomic mass is 10.1. The van der Waals surface area contributed by atoms with Gasteiger partial charge in [-0.25, -0.2) is 0 Å². The first-order valence-electron chi connectivity index (χ1n) is 8.63. The van der Waals surface area contributed by atoms with Crippen molar-refractivity contribution in [3.63, 3.8) is 0 Å². The van der Waals surface area contributed by atoms with E-state index in [-0.39, 0.29) is 18.4 Å². The van der Waals surface area contributed by atoms with Crippen molar-refractivity contribution in [2.45, 2.75) is 26.8 Å². The lowest BCUT2D eigenvalue weighted by molar-refractivity contribution is -0.885. The number of amides is 2. The summed E-state index contributed by atoms with van der Waals surface area (Å²) >= 11 is 12.0. The molecule has 2 rings (SSSR count). The van der Waals surface area contributed by atoms with Crippen LogP contribution in [0, 0.1) is 13.8 Å². The molecule has 0 saturated heterocycles. The molecule has 0 aromatic heterocycles. The number of carbonyl (C=O) groups excluding carboxylic acids is 2. The third kappa shape index (κ3) is 5.70. The number of likely N-dealkylation sites (N-methyl/N-ethyl adjacent to an activating group) is 1. The van der Waals surface area contributed by atoms with Gasteiger partial charge in [0.2, 0.25) is 0 Å². The normalized spacial score (nSPS) is 13.0. The average molecular weight is 409 g/mol. The number of carbonyl (C=O) groups is 2. The van der Waals surface area contributed by atoms with Crippen molar-refractivity contribution in [3.8, 4) is 0 Å². The minimum Gasteiger partial charge on any atom is -0.321 e. The van der Waals surface area contributed by atoms with Crippen molar-refractivity contribution in [3.05, 3.63) is 57.6 Å². The van der Waals surface area contributed by atoms with Gasteiger partial charge in [0.25, 0.3) is 11.8 Å². The summed E-state index contributed by atoms with van der Waals surface area (Å²) in [4.78, 5) is 25.6. The highest BCUT2D eigenvalue weighted by atomic mass is 35.5. The molecule has 0 spiro atoms. The molecule has 144 valence electrons. The molecular weight excluding hydrogens is 385 g/mol. The summed E-state index contributed by atoms with van der Waals surface area (Å²) in [5, 5.41) is 6.56. The fourth-order valence-electron chi connectivity index (χ4n) is 2.54. The monoisotopic (exact) mass is 408 g/mol. The van der Waals surface area contributed by atoms with Gasteiger partial charge in [0, 0.05) is 10.7 Å². The van der Waals surface area contributed by atoms with Gasteiger partial charge in [0.05, 0.1) is 17.8 Å². The molecule has 2 aromatic carbocycles. The SMILES string of the molecule is Cc1cccc(NC(=O)C[NH+](C)[C@H](C)C(=O)Nc2ccc(Cl)cc2Cl)c1C. The lowest BCUT2D eigenvalue weighted by Crippen LogP contribution is -3.14. The molecule has 0 fully saturated rings. The van der Waals surface area contributed by atoms with E-state index in [4.69, 9.17) is 23.2 Å². The zero-order chi connectivity index (χ0) is 20.1. The molecule has 0 aliphatic heterocycles. The molecule has 1 unspecified atom stereocenters. The molecule has 3 N–H and O–H groups in total. The number of rotatable bonds is 6. The first-order valence-corrected chi connectivity index (χ1v) is 9.39. The molecule has 7 heteroatoms. The molecule has 0 aliphatic carbocycles. The zero-order valence-electron chi connectivity index (χ0n) is 15.8. The second-order valence-electron chi connectivity index (χ2n) is 6.65. The highest BCUT2D eigenvalue weighted by Crippen LogP contribution is 2.25. The summed E-state index contributed by atoms with van der Waals surface area (Å²) in [6.07, 6.45) is 0. The molecule has 27 heavy (non-hydrogen) atoms. The van der Waals surface area contributed by atoms with Gasteiger partial charge < -0.3 is 15.5 Å². The van der Waals surface area contributed by atoms with E-state index in [0.717, 1.165) is 21.7 Å². The minimum absolute atomic E-state index is 0.148. The van der Waals surface area contributed by atoms with Crippen LogP contribution in [0.5, 0.6) is 0 Å². The molecule has 2 atom stereocenters. The molecular formula is C20H24Cl2N3O2+. The Balaban J connectivity index is 1.95. The number of hydrogen-bond acceptors (Lipinski definition) is 2. The third-order valence-corrected chi connectivity index (χ3v) is 5.19. The van der Waals surface area contributed by atoms with Gasteiger partial charge in [-0.1, -0.05) is 35.3 Å². The van der Waals surface area contributed by atoms with Crippen LogP contribution in [-0.4, -0.2) is 31.4 Å². The van der Waals surface area contributed by atoms with Crippen LogP contribution >= 0.6 is 23.2 Å². The Kier molecular flexibility index (Phi) is 7.25. The Hall–Kier alpha value is -2.08. The van der Waals surface area contributed by atoms with Gasteiger partial charge in [0.1, 0.15) is 0 Å². The van der Waals surface area contributed by atoms with Crippen LogP contribution in [0.3, 0.4) is 0 Å². The maximum Gasteiger partial charge on any atom is 0.282 e. The van der Waals surface area contributed by atoms with Crippen molar-refractivity contribution in [2.75, 3.05) is 24.2 Å². The largest absolute Gasteiger partial charge is 0.321 e. The van der Waals surface area contributed by atoms with E-state index in [1.165, 1.54) is 0 Å². The first-order chi connectivity index (χ1) is 12.7. The molecule has 0 radical (unpaired) electrons. The Morgan fingerprint density at radius 3 is 2.44 bits per heavy atom. The topological polar surface area (TPSA) is 62.6 Å². The number of halogens is 2. The number of benzene rings is 2. The molecule has 2 amide bonds. The van der Waals surface area contributed by atoms with Gasteiger partial charge in [-0.05, 0) is 56.2 Å². The highest BCUT2D eigenvalue weighted by Gasteiger charge is 2.24. The van der Waals surface area contributed by atoms with Gasteiger partial charge in [-0.2, -0.15) is 0 Å². The summed E-state index contributed by atoms with van der Waals surface area (Å²) < 4.78 is 0. The van der Waals surface area contributed by atoms with Crippen LogP contribution < -0.4 is 15.5 Å². The number of hydrogen-bond donors (Lipinski definition) is 3. The second-order valence-corrected chi connectivity index (χ2v) is 7.50. The van der Waals surface area contributed by atoms with Crippen LogP contribution in [0.15, 0.2) is 36.4 Å². The van der Waals surface area contributed by atoms with Crippen molar-refractivity contribution < 1.29 is 14.5 Å². The van der Waals surface area contributed by atoms with Crippen molar-refractivity contribution >= 4 is 46.4 Å². The third-order valence-electron chi connectivity index (χ3n) is 4.64. The number of quaternary nitrogens is 1. The minimum atomic E-state index is -0.443. The summed E-state index contributed by atoms with van der Waals surface area (Å²) in [5.74, 6) is -0.373. The van der Waals surface area contributed by atoms with Gasteiger partial charge >= 0.3 is 0 Å². The van der Waals surface area contributed by atoms with Crippen LogP contribution in [0.2, 0.25) is 10.0 Å². The summed E-state index contributed by atoms with van der Waals surface area (Å²) in [5.41, 5.74) is 3.43. The fraction of sp³-hybridized carbons (Fsp3) is 0.300. The van der Waals surface area contributed by atoms with E-state index in [9.17, 15) is 9.59 Å². The molecule has 0 bridgehead atoms. The fourth-order valence-corrected chi connectivity index (χ4v) is 3.00. The molecule has 0 aliphatic rings. The van der Waals surface area contributed by atoms with Crippen LogP contribution in [0.25, 0.3) is 0 Å². The van der Waals surface area contributed by atoms with E-state index in [1.54, 1.807) is 32.2 Å². The Morgan fingerprint density at radius 2 is 1.78 bits per heavy atom. The Morgan fingerprint density at radius 1 is 1.07 bits per heavy atom. The predicted molar refractivity (Wildman–Crippen MR) is 111 cm³/mol. The predicted octanol–water partition coefficient (Wildman–Crippen LogP) is 3.09. The van der Waals surface area contributed by atoms with Crippen molar-refractivity contribution in [1.29, 1.82) is 0 Å². The molecule has 0 heterocycles. The molecule has 0 saturated carbocycles. The van der Waals surface area contributed by atoms with Crippen LogP contribution in [0.4, 0.5) is 11.4 Å². The standard InChI is InChI=1S/C20H23Cl2N3O2/c1-12-6-5-7-17(13(12)2)23-19(26)11-25(4)14(3)20(27)24-18-9-8-15(21)10-16(18)22/h5-10,14H,11H2,1-4H3,(H,23,26)(H,24,27)/p+1/t14-/m1/s1. The van der Waals surface area contributed by atoms with Crippen molar-refractivity contribution in [2.24, 2.45) is 0 Å². The summed E-state index contributed by atoms with van der Waals surface area (Å²) in [7, 11) is 1.80. The van der Waals surface area contributed by atoms with Gasteiger partial charge in [-0.15, -0.1) is 0 Å². The Bertz CT molecular complexity index is 855. The first kappa shape index (κ1) is 21.2. The molecule has 5 nitrogen and oxygen atoms in total. The van der Waals surface area contributed by atoms with Crippen molar-refractivity contribution in [1.82, 2.24) is 0 Å².